The largest absolute Gasteiger partial charge is 0.481 e. The van der Waals surface area contributed by atoms with Gasteiger partial charge in [0.25, 0.3) is 0 Å². The fourth-order valence-corrected chi connectivity index (χ4v) is 1.43. The summed E-state index contributed by atoms with van der Waals surface area (Å²) in [5.41, 5.74) is 5.58. The van der Waals surface area contributed by atoms with Crippen molar-refractivity contribution in [3.8, 4) is 5.88 Å². The van der Waals surface area contributed by atoms with E-state index in [1.807, 2.05) is 18.7 Å². The third kappa shape index (κ3) is 2.96. The van der Waals surface area contributed by atoms with Crippen molar-refractivity contribution in [2.24, 2.45) is 0 Å². The van der Waals surface area contributed by atoms with Crippen LogP contribution < -0.4 is 15.4 Å². The van der Waals surface area contributed by atoms with Gasteiger partial charge in [-0.25, -0.2) is 0 Å². The molecule has 3 N–H and O–H groups in total. The molecule has 1 aromatic rings. The zero-order chi connectivity index (χ0) is 12.1. The van der Waals surface area contributed by atoms with Crippen molar-refractivity contribution in [1.29, 1.82) is 0 Å². The van der Waals surface area contributed by atoms with Crippen LogP contribution in [0.15, 0.2) is 6.07 Å². The van der Waals surface area contributed by atoms with E-state index < -0.39 is 0 Å². The maximum Gasteiger partial charge on any atom is 0.225 e. The molecule has 0 aliphatic carbocycles. The fraction of sp³-hybridized carbons (Fsp3) is 0.600. The Bertz CT molecular complexity index is 344. The molecule has 0 aliphatic rings. The van der Waals surface area contributed by atoms with E-state index in [4.69, 9.17) is 15.6 Å². The van der Waals surface area contributed by atoms with Gasteiger partial charge in [-0.3, -0.25) is 0 Å². The standard InChI is InChI=1S/C10H18N4O2/c1-7(2)14(4-5-15)8-6-9(16-3)13-10(11)12-8/h6-7,15H,4-5H2,1-3H3,(H2,11,12,13). The SMILES string of the molecule is COc1cc(N(CCO)C(C)C)nc(N)n1. The summed E-state index contributed by atoms with van der Waals surface area (Å²) in [5.74, 6) is 1.25. The number of hydrogen-bond donors (Lipinski definition) is 2. The second-order valence-electron chi connectivity index (χ2n) is 3.64. The van der Waals surface area contributed by atoms with E-state index in [0.29, 0.717) is 18.2 Å². The lowest BCUT2D eigenvalue weighted by molar-refractivity contribution is 0.298. The number of ether oxygens (including phenoxy) is 1. The molecule has 90 valence electrons. The number of nitrogen functional groups attached to an aromatic ring is 1. The summed E-state index contributed by atoms with van der Waals surface area (Å²) in [6.07, 6.45) is 0. The van der Waals surface area contributed by atoms with E-state index in [1.54, 1.807) is 6.07 Å². The maximum atomic E-state index is 9.00. The average molecular weight is 226 g/mol. The Morgan fingerprint density at radius 3 is 2.69 bits per heavy atom. The predicted molar refractivity (Wildman–Crippen MR) is 62.6 cm³/mol. The van der Waals surface area contributed by atoms with Crippen LogP contribution in [0.25, 0.3) is 0 Å². The molecule has 0 spiro atoms. The molecule has 0 unspecified atom stereocenters. The number of rotatable bonds is 5. The van der Waals surface area contributed by atoms with E-state index in [1.165, 1.54) is 7.11 Å². The van der Waals surface area contributed by atoms with E-state index in [0.717, 1.165) is 0 Å². The predicted octanol–water partition coefficient (Wildman–Crippen LogP) is 0.274. The Labute approximate surface area is 95.1 Å². The highest BCUT2D eigenvalue weighted by Crippen LogP contribution is 2.19. The van der Waals surface area contributed by atoms with E-state index in [2.05, 4.69) is 9.97 Å². The lowest BCUT2D eigenvalue weighted by Crippen LogP contribution is -2.34. The summed E-state index contributed by atoms with van der Waals surface area (Å²) in [7, 11) is 1.53. The van der Waals surface area contributed by atoms with Crippen LogP contribution >= 0.6 is 0 Å². The van der Waals surface area contributed by atoms with Crippen molar-refractivity contribution in [3.63, 3.8) is 0 Å². The van der Waals surface area contributed by atoms with Gasteiger partial charge >= 0.3 is 0 Å². The molecular weight excluding hydrogens is 208 g/mol. The first-order chi connectivity index (χ1) is 7.58. The Kier molecular flexibility index (Phi) is 4.30. The van der Waals surface area contributed by atoms with Gasteiger partial charge in [-0.1, -0.05) is 0 Å². The third-order valence-electron chi connectivity index (χ3n) is 2.17. The zero-order valence-corrected chi connectivity index (χ0v) is 9.84. The van der Waals surface area contributed by atoms with Gasteiger partial charge in [-0.2, -0.15) is 9.97 Å². The Balaban J connectivity index is 3.03. The number of aliphatic hydroxyl groups is 1. The second-order valence-corrected chi connectivity index (χ2v) is 3.64. The lowest BCUT2D eigenvalue weighted by atomic mass is 10.3. The Hall–Kier alpha value is -1.56. The van der Waals surface area contributed by atoms with Crippen LogP contribution in [-0.4, -0.2) is 41.4 Å². The van der Waals surface area contributed by atoms with Gasteiger partial charge in [0.15, 0.2) is 0 Å². The molecule has 1 rings (SSSR count). The molecule has 6 nitrogen and oxygen atoms in total. The second kappa shape index (κ2) is 5.50. The highest BCUT2D eigenvalue weighted by Gasteiger charge is 2.13. The van der Waals surface area contributed by atoms with Crippen molar-refractivity contribution >= 4 is 11.8 Å². The van der Waals surface area contributed by atoms with Crippen molar-refractivity contribution < 1.29 is 9.84 Å². The molecule has 6 heteroatoms. The van der Waals surface area contributed by atoms with Crippen LogP contribution in [0.2, 0.25) is 0 Å². The first-order valence-electron chi connectivity index (χ1n) is 5.14. The summed E-state index contributed by atoms with van der Waals surface area (Å²) in [6.45, 7) is 4.59. The van der Waals surface area contributed by atoms with Gasteiger partial charge in [-0.15, -0.1) is 0 Å². The number of hydrogen-bond acceptors (Lipinski definition) is 6. The zero-order valence-electron chi connectivity index (χ0n) is 9.84. The van der Waals surface area contributed by atoms with Crippen molar-refractivity contribution in [1.82, 2.24) is 9.97 Å². The topological polar surface area (TPSA) is 84.5 Å². The number of aromatic nitrogens is 2. The van der Waals surface area contributed by atoms with Gasteiger partial charge in [0.05, 0.1) is 13.7 Å². The summed E-state index contributed by atoms with van der Waals surface area (Å²) >= 11 is 0. The summed E-state index contributed by atoms with van der Waals surface area (Å²) in [5, 5.41) is 9.00. The first-order valence-corrected chi connectivity index (χ1v) is 5.14. The molecule has 0 fully saturated rings. The molecular formula is C10H18N4O2. The quantitative estimate of drug-likeness (QED) is 0.750. The highest BCUT2D eigenvalue weighted by atomic mass is 16.5. The first kappa shape index (κ1) is 12.5. The van der Waals surface area contributed by atoms with Crippen molar-refractivity contribution in [3.05, 3.63) is 6.07 Å². The number of nitrogens with two attached hydrogens (primary N) is 1. The molecule has 1 aromatic heterocycles. The van der Waals surface area contributed by atoms with Gasteiger partial charge in [0, 0.05) is 18.7 Å². The molecule has 0 atom stereocenters. The van der Waals surface area contributed by atoms with E-state index in [-0.39, 0.29) is 18.6 Å². The molecule has 0 aromatic carbocycles. The number of nitrogens with zero attached hydrogens (tertiary/aromatic N) is 3. The van der Waals surface area contributed by atoms with Crippen LogP contribution in [0.4, 0.5) is 11.8 Å². The number of aliphatic hydroxyl groups excluding tert-OH is 1. The molecule has 0 amide bonds. The molecule has 0 saturated heterocycles. The molecule has 0 aliphatic heterocycles. The van der Waals surface area contributed by atoms with Crippen molar-refractivity contribution in [2.45, 2.75) is 19.9 Å². The summed E-state index contributed by atoms with van der Waals surface area (Å²) in [6, 6.07) is 1.91. The Morgan fingerprint density at radius 2 is 2.19 bits per heavy atom. The van der Waals surface area contributed by atoms with E-state index >= 15 is 0 Å². The molecule has 0 radical (unpaired) electrons. The number of anilines is 2. The van der Waals surface area contributed by atoms with Crippen LogP contribution in [0.5, 0.6) is 5.88 Å². The maximum absolute atomic E-state index is 9.00. The van der Waals surface area contributed by atoms with Crippen molar-refractivity contribution in [2.75, 3.05) is 30.9 Å². The third-order valence-corrected chi connectivity index (χ3v) is 2.17. The number of methoxy groups -OCH3 is 1. The molecule has 0 bridgehead atoms. The minimum Gasteiger partial charge on any atom is -0.481 e. The summed E-state index contributed by atoms with van der Waals surface area (Å²) < 4.78 is 5.02. The normalized spacial score (nSPS) is 10.6. The van der Waals surface area contributed by atoms with Gasteiger partial charge < -0.3 is 20.5 Å². The Morgan fingerprint density at radius 1 is 1.50 bits per heavy atom. The minimum atomic E-state index is 0.0599. The average Bonchev–Trinajstić information content (AvgIpc) is 2.24. The van der Waals surface area contributed by atoms with Gasteiger partial charge in [-0.05, 0) is 13.8 Å². The fourth-order valence-electron chi connectivity index (χ4n) is 1.43. The van der Waals surface area contributed by atoms with Crippen LogP contribution in [0.1, 0.15) is 13.8 Å². The molecule has 0 saturated carbocycles. The van der Waals surface area contributed by atoms with Gasteiger partial charge in [0.1, 0.15) is 5.82 Å². The van der Waals surface area contributed by atoms with Crippen LogP contribution in [0.3, 0.4) is 0 Å². The minimum absolute atomic E-state index is 0.0599. The summed E-state index contributed by atoms with van der Waals surface area (Å²) in [4.78, 5) is 9.96. The lowest BCUT2D eigenvalue weighted by Gasteiger charge is -2.27. The van der Waals surface area contributed by atoms with Crippen LogP contribution in [0, 0.1) is 0 Å². The monoisotopic (exact) mass is 226 g/mol. The van der Waals surface area contributed by atoms with Gasteiger partial charge in [0.2, 0.25) is 11.8 Å². The molecule has 16 heavy (non-hydrogen) atoms. The smallest absolute Gasteiger partial charge is 0.225 e. The van der Waals surface area contributed by atoms with E-state index in [9.17, 15) is 0 Å². The molecule has 1 heterocycles. The van der Waals surface area contributed by atoms with Crippen LogP contribution in [-0.2, 0) is 0 Å². The highest BCUT2D eigenvalue weighted by molar-refractivity contribution is 5.46.